The molecule has 0 aliphatic rings. The number of hydrogen-bond acceptors (Lipinski definition) is 2. The minimum atomic E-state index is -1.16. The van der Waals surface area contributed by atoms with Crippen LogP contribution in [0.1, 0.15) is 32.8 Å². The van der Waals surface area contributed by atoms with E-state index in [-0.39, 0.29) is 17.6 Å². The lowest BCUT2D eigenvalue weighted by atomic mass is 9.82. The van der Waals surface area contributed by atoms with Crippen LogP contribution >= 0.6 is 0 Å². The van der Waals surface area contributed by atoms with Gasteiger partial charge in [-0.2, -0.15) is 0 Å². The Labute approximate surface area is 118 Å². The number of aliphatic carboxylic acids is 2. The third-order valence-corrected chi connectivity index (χ3v) is 3.03. The lowest BCUT2D eigenvalue weighted by molar-refractivity contribution is -0.137. The van der Waals surface area contributed by atoms with Gasteiger partial charge in [0.2, 0.25) is 0 Å². The van der Waals surface area contributed by atoms with Crippen molar-refractivity contribution in [3.63, 3.8) is 0 Å². The highest BCUT2D eigenvalue weighted by Crippen LogP contribution is 2.30. The molecule has 0 fully saturated rings. The molecule has 108 valence electrons. The molecule has 0 atom stereocenters. The van der Waals surface area contributed by atoms with Crippen LogP contribution in [-0.2, 0) is 16.0 Å². The fourth-order valence-corrected chi connectivity index (χ4v) is 2.16. The van der Waals surface area contributed by atoms with Crippen molar-refractivity contribution >= 4 is 11.9 Å². The van der Waals surface area contributed by atoms with Crippen molar-refractivity contribution in [3.8, 4) is 0 Å². The largest absolute Gasteiger partial charge is 0.478 e. The number of carbonyl (C=O) groups is 2. The minimum absolute atomic E-state index is 0.0196. The summed E-state index contributed by atoms with van der Waals surface area (Å²) in [7, 11) is 0. The molecule has 4 heteroatoms. The average Bonchev–Trinajstić information content (AvgIpc) is 2.33. The van der Waals surface area contributed by atoms with Gasteiger partial charge < -0.3 is 10.2 Å². The van der Waals surface area contributed by atoms with Gasteiger partial charge in [0.15, 0.2) is 0 Å². The van der Waals surface area contributed by atoms with Gasteiger partial charge in [-0.25, -0.2) is 9.59 Å². The van der Waals surface area contributed by atoms with E-state index in [0.29, 0.717) is 6.42 Å². The third kappa shape index (κ3) is 4.23. The number of hydrogen-bond donors (Lipinski definition) is 2. The van der Waals surface area contributed by atoms with Gasteiger partial charge in [0, 0.05) is 5.57 Å². The van der Waals surface area contributed by atoms with Crippen LogP contribution in [0.3, 0.4) is 0 Å². The molecule has 0 bridgehead atoms. The summed E-state index contributed by atoms with van der Waals surface area (Å²) in [5.74, 6) is -2.32. The molecule has 0 radical (unpaired) electrons. The number of carboxylic acid groups (broad SMARTS) is 2. The zero-order valence-electron chi connectivity index (χ0n) is 12.0. The molecule has 0 spiro atoms. The molecular formula is C16H20O4. The van der Waals surface area contributed by atoms with Crippen molar-refractivity contribution in [2.75, 3.05) is 0 Å². The monoisotopic (exact) mass is 276 g/mol. The van der Waals surface area contributed by atoms with E-state index in [9.17, 15) is 19.8 Å². The molecule has 1 rings (SSSR count). The maximum absolute atomic E-state index is 11.4. The summed E-state index contributed by atoms with van der Waals surface area (Å²) >= 11 is 0. The van der Waals surface area contributed by atoms with Crippen LogP contribution in [0.4, 0.5) is 0 Å². The van der Waals surface area contributed by atoms with Crippen molar-refractivity contribution in [3.05, 3.63) is 47.0 Å². The summed E-state index contributed by atoms with van der Waals surface area (Å²) < 4.78 is 0. The van der Waals surface area contributed by atoms with Crippen molar-refractivity contribution < 1.29 is 19.8 Å². The number of carboxylic acids is 2. The molecule has 0 saturated carbocycles. The van der Waals surface area contributed by atoms with Crippen molar-refractivity contribution in [2.45, 2.75) is 33.6 Å². The molecule has 0 unspecified atom stereocenters. The maximum atomic E-state index is 11.4. The zero-order chi connectivity index (χ0) is 15.3. The molecule has 1 aromatic carbocycles. The summed E-state index contributed by atoms with van der Waals surface area (Å²) in [4.78, 5) is 22.8. The van der Waals surface area contributed by atoms with E-state index in [1.165, 1.54) is 0 Å². The Morgan fingerprint density at radius 2 is 1.55 bits per heavy atom. The first-order valence-electron chi connectivity index (χ1n) is 6.47. The molecule has 0 aliphatic heterocycles. The van der Waals surface area contributed by atoms with Gasteiger partial charge in [-0.3, -0.25) is 0 Å². The highest BCUT2D eigenvalue weighted by Gasteiger charge is 2.30. The van der Waals surface area contributed by atoms with Crippen LogP contribution in [0, 0.1) is 5.41 Å². The van der Waals surface area contributed by atoms with Crippen LogP contribution in [0.25, 0.3) is 0 Å². The second-order valence-electron chi connectivity index (χ2n) is 5.70. The van der Waals surface area contributed by atoms with Gasteiger partial charge >= 0.3 is 11.9 Å². The quantitative estimate of drug-likeness (QED) is 0.810. The average molecular weight is 276 g/mol. The van der Waals surface area contributed by atoms with E-state index in [1.54, 1.807) is 20.8 Å². The molecular weight excluding hydrogens is 256 g/mol. The van der Waals surface area contributed by atoms with Gasteiger partial charge in [-0.05, 0) is 23.8 Å². The van der Waals surface area contributed by atoms with Crippen molar-refractivity contribution in [1.82, 2.24) is 0 Å². The van der Waals surface area contributed by atoms with Crippen LogP contribution in [0.15, 0.2) is 41.5 Å². The standard InChI is InChI=1S/C16H20O4/c1-16(2,3)13(15(19)20)12(14(17)18)10-9-11-7-5-4-6-8-11/h4-8H,9-10H2,1-3H3,(H,17,18)(H,19,20). The molecule has 2 N–H and O–H groups in total. The normalized spacial score (nSPS) is 12.8. The van der Waals surface area contributed by atoms with E-state index in [0.717, 1.165) is 5.56 Å². The minimum Gasteiger partial charge on any atom is -0.478 e. The van der Waals surface area contributed by atoms with Gasteiger partial charge in [0.1, 0.15) is 0 Å². The predicted octanol–water partition coefficient (Wildman–Crippen LogP) is 3.13. The maximum Gasteiger partial charge on any atom is 0.332 e. The van der Waals surface area contributed by atoms with Gasteiger partial charge in [-0.15, -0.1) is 0 Å². The van der Waals surface area contributed by atoms with E-state index >= 15 is 0 Å². The molecule has 0 heterocycles. The summed E-state index contributed by atoms with van der Waals surface area (Å²) in [6.45, 7) is 5.13. The number of aryl methyl sites for hydroxylation is 1. The summed E-state index contributed by atoms with van der Waals surface area (Å²) in [5, 5.41) is 18.6. The van der Waals surface area contributed by atoms with E-state index in [2.05, 4.69) is 0 Å². The molecule has 0 saturated heterocycles. The molecule has 4 nitrogen and oxygen atoms in total. The van der Waals surface area contributed by atoms with Crippen molar-refractivity contribution in [2.24, 2.45) is 5.41 Å². The van der Waals surface area contributed by atoms with Crippen molar-refractivity contribution in [1.29, 1.82) is 0 Å². The fraction of sp³-hybridized carbons (Fsp3) is 0.375. The van der Waals surface area contributed by atoms with Crippen LogP contribution < -0.4 is 0 Å². The van der Waals surface area contributed by atoms with E-state index < -0.39 is 17.4 Å². The lowest BCUT2D eigenvalue weighted by Crippen LogP contribution is -2.23. The lowest BCUT2D eigenvalue weighted by Gasteiger charge is -2.22. The summed E-state index contributed by atoms with van der Waals surface area (Å²) in [6, 6.07) is 9.44. The Morgan fingerprint density at radius 3 is 1.95 bits per heavy atom. The number of benzene rings is 1. The van der Waals surface area contributed by atoms with Crippen LogP contribution in [-0.4, -0.2) is 22.2 Å². The fourth-order valence-electron chi connectivity index (χ4n) is 2.16. The Kier molecular flexibility index (Phi) is 5.08. The topological polar surface area (TPSA) is 74.6 Å². The van der Waals surface area contributed by atoms with E-state index in [4.69, 9.17) is 0 Å². The van der Waals surface area contributed by atoms with Gasteiger partial charge in [-0.1, -0.05) is 51.1 Å². The highest BCUT2D eigenvalue weighted by molar-refractivity contribution is 5.99. The summed E-state index contributed by atoms with van der Waals surface area (Å²) in [6.07, 6.45) is 0.716. The molecule has 20 heavy (non-hydrogen) atoms. The van der Waals surface area contributed by atoms with Gasteiger partial charge in [0.05, 0.1) is 5.57 Å². The third-order valence-electron chi connectivity index (χ3n) is 3.03. The van der Waals surface area contributed by atoms with Gasteiger partial charge in [0.25, 0.3) is 0 Å². The smallest absolute Gasteiger partial charge is 0.332 e. The predicted molar refractivity (Wildman–Crippen MR) is 76.5 cm³/mol. The first-order valence-corrected chi connectivity index (χ1v) is 6.47. The van der Waals surface area contributed by atoms with Crippen LogP contribution in [0.5, 0.6) is 0 Å². The molecule has 0 aromatic heterocycles. The molecule has 0 amide bonds. The molecule has 1 aromatic rings. The van der Waals surface area contributed by atoms with E-state index in [1.807, 2.05) is 30.3 Å². The second kappa shape index (κ2) is 6.37. The first kappa shape index (κ1) is 16.0. The Bertz CT molecular complexity index is 521. The zero-order valence-corrected chi connectivity index (χ0v) is 12.0. The Morgan fingerprint density at radius 1 is 1.00 bits per heavy atom. The molecule has 0 aliphatic carbocycles. The second-order valence-corrected chi connectivity index (χ2v) is 5.70. The SMILES string of the molecule is CC(C)(C)C(C(=O)O)=C(CCc1ccccc1)C(=O)O. The Hall–Kier alpha value is -2.10. The van der Waals surface area contributed by atoms with Crippen LogP contribution in [0.2, 0.25) is 0 Å². The summed E-state index contributed by atoms with van der Waals surface area (Å²) in [5.41, 5.74) is 0.232. The number of rotatable bonds is 5. The Balaban J connectivity index is 3.10. The highest BCUT2D eigenvalue weighted by atomic mass is 16.4. The first-order chi connectivity index (χ1) is 9.23.